The minimum Gasteiger partial charge on any atom is -0.390 e. The van der Waals surface area contributed by atoms with Crippen molar-refractivity contribution in [1.29, 1.82) is 0 Å². The van der Waals surface area contributed by atoms with E-state index in [-0.39, 0.29) is 17.5 Å². The maximum atomic E-state index is 11.4. The Balaban J connectivity index is 2.02. The molecule has 0 unspecified atom stereocenters. The van der Waals surface area contributed by atoms with Crippen LogP contribution in [-0.2, 0) is 9.84 Å². The van der Waals surface area contributed by atoms with Crippen LogP contribution in [0.25, 0.3) is 0 Å². The average Bonchev–Trinajstić information content (AvgIpc) is 2.37. The van der Waals surface area contributed by atoms with E-state index in [1.165, 1.54) is 0 Å². The molecule has 0 spiro atoms. The summed E-state index contributed by atoms with van der Waals surface area (Å²) >= 11 is 0. The van der Waals surface area contributed by atoms with E-state index in [1.54, 1.807) is 0 Å². The summed E-state index contributed by atoms with van der Waals surface area (Å²) in [6.07, 6.45) is 0.341. The quantitative estimate of drug-likeness (QED) is 0.630. The van der Waals surface area contributed by atoms with Gasteiger partial charge < -0.3 is 10.0 Å². The molecule has 0 aliphatic carbocycles. The number of sulfone groups is 1. The molecule has 94 valence electrons. The highest BCUT2D eigenvalue weighted by atomic mass is 32.2. The Hall–Kier alpha value is -0.170. The maximum Gasteiger partial charge on any atom is 0.154 e. The van der Waals surface area contributed by atoms with Crippen LogP contribution in [0.2, 0.25) is 0 Å². The van der Waals surface area contributed by atoms with E-state index in [0.717, 1.165) is 32.6 Å². The molecule has 2 heterocycles. The Morgan fingerprint density at radius 2 is 1.88 bits per heavy atom. The zero-order chi connectivity index (χ0) is 11.8. The third-order valence-electron chi connectivity index (χ3n) is 3.52. The summed E-state index contributed by atoms with van der Waals surface area (Å²) in [5.74, 6) is 0.0574. The van der Waals surface area contributed by atoms with Crippen LogP contribution in [0.4, 0.5) is 0 Å². The van der Waals surface area contributed by atoms with Crippen molar-refractivity contribution < 1.29 is 13.5 Å². The number of aliphatic hydroxyl groups excluding tert-OH is 1. The summed E-state index contributed by atoms with van der Waals surface area (Å²) in [6, 6.07) is -0.184. The first kappa shape index (κ1) is 12.3. The lowest BCUT2D eigenvalue weighted by Gasteiger charge is -2.28. The maximum absolute atomic E-state index is 11.4. The predicted octanol–water partition coefficient (Wildman–Crippen LogP) is -1.22. The third-order valence-corrected chi connectivity index (χ3v) is 5.22. The first-order valence-electron chi connectivity index (χ1n) is 5.79. The van der Waals surface area contributed by atoms with E-state index in [0.29, 0.717) is 0 Å². The van der Waals surface area contributed by atoms with E-state index < -0.39 is 15.9 Å². The molecule has 0 radical (unpaired) electrons. The Labute approximate surface area is 97.0 Å². The normalized spacial score (nSPS) is 37.4. The Kier molecular flexibility index (Phi) is 3.53. The molecule has 2 aliphatic rings. The molecular weight excluding hydrogens is 228 g/mol. The van der Waals surface area contributed by atoms with Gasteiger partial charge >= 0.3 is 0 Å². The highest BCUT2D eigenvalue weighted by Crippen LogP contribution is 2.19. The van der Waals surface area contributed by atoms with Crippen molar-refractivity contribution in [2.75, 3.05) is 44.7 Å². The summed E-state index contributed by atoms with van der Waals surface area (Å²) in [6.45, 7) is 3.74. The van der Waals surface area contributed by atoms with Gasteiger partial charge in [-0.2, -0.15) is 0 Å². The van der Waals surface area contributed by atoms with E-state index in [1.807, 2.05) is 0 Å². The van der Waals surface area contributed by atoms with E-state index in [4.69, 9.17) is 0 Å². The lowest BCUT2D eigenvalue weighted by molar-refractivity contribution is 0.0858. The fourth-order valence-electron chi connectivity index (χ4n) is 2.56. The zero-order valence-corrected chi connectivity index (χ0v) is 10.5. The van der Waals surface area contributed by atoms with Gasteiger partial charge in [0.15, 0.2) is 9.84 Å². The fraction of sp³-hybridized carbons (Fsp3) is 1.00. The zero-order valence-electron chi connectivity index (χ0n) is 9.67. The van der Waals surface area contributed by atoms with Gasteiger partial charge in [0.05, 0.1) is 23.7 Å². The fourth-order valence-corrected chi connectivity index (χ4v) is 4.39. The van der Waals surface area contributed by atoms with Crippen molar-refractivity contribution in [1.82, 2.24) is 9.80 Å². The Morgan fingerprint density at radius 3 is 2.50 bits per heavy atom. The van der Waals surface area contributed by atoms with Gasteiger partial charge in [0.1, 0.15) is 0 Å². The molecule has 2 rings (SSSR count). The SMILES string of the molecule is CN1CCCN([C@@H]2CS(=O)(=O)C[C@H]2O)CC1. The molecule has 0 saturated carbocycles. The number of hydrogen-bond acceptors (Lipinski definition) is 5. The standard InChI is InChI=1S/C10H20N2O3S/c1-11-3-2-4-12(6-5-11)9-7-16(14,15)8-10(9)13/h9-10,13H,2-8H2,1H3/t9-,10-/m1/s1. The monoisotopic (exact) mass is 248 g/mol. The van der Waals surface area contributed by atoms with Crippen molar-refractivity contribution in [3.63, 3.8) is 0 Å². The predicted molar refractivity (Wildman–Crippen MR) is 62.1 cm³/mol. The Bertz CT molecular complexity index is 344. The van der Waals surface area contributed by atoms with Crippen molar-refractivity contribution in [3.8, 4) is 0 Å². The second kappa shape index (κ2) is 4.60. The van der Waals surface area contributed by atoms with Crippen LogP contribution in [0, 0.1) is 0 Å². The van der Waals surface area contributed by atoms with Gasteiger partial charge in [-0.3, -0.25) is 4.90 Å². The van der Waals surface area contributed by atoms with E-state index in [2.05, 4.69) is 16.8 Å². The van der Waals surface area contributed by atoms with Crippen molar-refractivity contribution in [3.05, 3.63) is 0 Å². The van der Waals surface area contributed by atoms with Crippen LogP contribution in [0.3, 0.4) is 0 Å². The molecule has 2 saturated heterocycles. The second-order valence-corrected chi connectivity index (χ2v) is 7.06. The van der Waals surface area contributed by atoms with Gasteiger partial charge in [-0.05, 0) is 26.6 Å². The van der Waals surface area contributed by atoms with Gasteiger partial charge in [-0.15, -0.1) is 0 Å². The number of hydrogen-bond donors (Lipinski definition) is 1. The summed E-state index contributed by atoms with van der Waals surface area (Å²) in [4.78, 5) is 4.38. The van der Waals surface area contributed by atoms with Gasteiger partial charge in [0, 0.05) is 13.1 Å². The molecule has 6 heteroatoms. The first-order chi connectivity index (χ1) is 7.48. The molecule has 16 heavy (non-hydrogen) atoms. The molecule has 2 atom stereocenters. The molecule has 0 aromatic rings. The van der Waals surface area contributed by atoms with Crippen LogP contribution >= 0.6 is 0 Å². The molecule has 2 aliphatic heterocycles. The summed E-state index contributed by atoms with van der Waals surface area (Å²) in [5, 5.41) is 9.80. The van der Waals surface area contributed by atoms with E-state index in [9.17, 15) is 13.5 Å². The average molecular weight is 248 g/mol. The smallest absolute Gasteiger partial charge is 0.154 e. The van der Waals surface area contributed by atoms with Crippen molar-refractivity contribution >= 4 is 9.84 Å². The second-order valence-electron chi connectivity index (χ2n) is 4.90. The van der Waals surface area contributed by atoms with Crippen LogP contribution in [0.15, 0.2) is 0 Å². The highest BCUT2D eigenvalue weighted by molar-refractivity contribution is 7.91. The van der Waals surface area contributed by atoms with Crippen LogP contribution in [-0.4, -0.2) is 80.2 Å². The van der Waals surface area contributed by atoms with Crippen LogP contribution in [0.1, 0.15) is 6.42 Å². The number of rotatable bonds is 1. The van der Waals surface area contributed by atoms with E-state index >= 15 is 0 Å². The molecule has 0 amide bonds. The highest BCUT2D eigenvalue weighted by Gasteiger charge is 2.39. The lowest BCUT2D eigenvalue weighted by atomic mass is 10.2. The molecule has 0 aromatic carbocycles. The number of likely N-dealkylation sites (N-methyl/N-ethyl adjacent to an activating group) is 1. The topological polar surface area (TPSA) is 60.9 Å². The third kappa shape index (κ3) is 2.74. The Morgan fingerprint density at radius 1 is 1.12 bits per heavy atom. The summed E-state index contributed by atoms with van der Waals surface area (Å²) in [7, 11) is -0.950. The number of nitrogens with zero attached hydrogens (tertiary/aromatic N) is 2. The molecule has 2 fully saturated rings. The summed E-state index contributed by atoms with van der Waals surface area (Å²) in [5.41, 5.74) is 0. The van der Waals surface area contributed by atoms with Crippen molar-refractivity contribution in [2.45, 2.75) is 18.6 Å². The minimum atomic E-state index is -3.02. The molecular formula is C10H20N2O3S. The van der Waals surface area contributed by atoms with Gasteiger partial charge in [0.2, 0.25) is 0 Å². The first-order valence-corrected chi connectivity index (χ1v) is 7.61. The number of aliphatic hydroxyl groups is 1. The molecule has 1 N–H and O–H groups in total. The largest absolute Gasteiger partial charge is 0.390 e. The minimum absolute atomic E-state index is 0.0655. The van der Waals surface area contributed by atoms with Crippen LogP contribution < -0.4 is 0 Å². The molecule has 5 nitrogen and oxygen atoms in total. The summed E-state index contributed by atoms with van der Waals surface area (Å²) < 4.78 is 22.9. The molecule has 0 bridgehead atoms. The van der Waals surface area contributed by atoms with Crippen LogP contribution in [0.5, 0.6) is 0 Å². The molecule has 0 aromatic heterocycles. The van der Waals surface area contributed by atoms with Gasteiger partial charge in [0.25, 0.3) is 0 Å². The lowest BCUT2D eigenvalue weighted by Crippen LogP contribution is -2.44. The van der Waals surface area contributed by atoms with Gasteiger partial charge in [-0.25, -0.2) is 8.42 Å². The van der Waals surface area contributed by atoms with Gasteiger partial charge in [-0.1, -0.05) is 0 Å². The van der Waals surface area contributed by atoms with Crippen molar-refractivity contribution in [2.24, 2.45) is 0 Å².